The van der Waals surface area contributed by atoms with Crippen LogP contribution in [0.5, 0.6) is 0 Å². The molecule has 3 amide bonds. The van der Waals surface area contributed by atoms with Gasteiger partial charge in [0.2, 0.25) is 0 Å². The predicted octanol–water partition coefficient (Wildman–Crippen LogP) is 3.70. The van der Waals surface area contributed by atoms with Crippen LogP contribution in [0, 0.1) is 0 Å². The first kappa shape index (κ1) is 15.6. The van der Waals surface area contributed by atoms with Gasteiger partial charge in [0.15, 0.2) is 0 Å². The number of benzene rings is 2. The van der Waals surface area contributed by atoms with E-state index in [1.165, 1.54) is 4.90 Å². The van der Waals surface area contributed by atoms with Gasteiger partial charge in [-0.15, -0.1) is 0 Å². The SMILES string of the molecule is CC[C@@]1(c2ccccc2)NC(=O)N(Cc2ccc(Cl)cc2)C1=O. The Hall–Kier alpha value is -2.33. The van der Waals surface area contributed by atoms with E-state index in [0.717, 1.165) is 11.1 Å². The van der Waals surface area contributed by atoms with Crippen molar-refractivity contribution in [2.45, 2.75) is 25.4 Å². The van der Waals surface area contributed by atoms with Gasteiger partial charge in [-0.05, 0) is 29.7 Å². The first-order valence-corrected chi connectivity index (χ1v) is 7.88. The molecule has 0 aromatic heterocycles. The number of amides is 3. The Morgan fingerprint density at radius 1 is 1.04 bits per heavy atom. The number of nitrogens with one attached hydrogen (secondary N) is 1. The van der Waals surface area contributed by atoms with Crippen molar-refractivity contribution >= 4 is 23.5 Å². The molecule has 0 bridgehead atoms. The molecule has 3 rings (SSSR count). The third-order valence-electron chi connectivity index (χ3n) is 4.23. The van der Waals surface area contributed by atoms with Crippen molar-refractivity contribution in [2.75, 3.05) is 0 Å². The third-order valence-corrected chi connectivity index (χ3v) is 4.48. The van der Waals surface area contributed by atoms with Crippen molar-refractivity contribution in [1.29, 1.82) is 0 Å². The lowest BCUT2D eigenvalue weighted by Gasteiger charge is -2.25. The Morgan fingerprint density at radius 2 is 1.70 bits per heavy atom. The molecule has 0 radical (unpaired) electrons. The normalized spacial score (nSPS) is 20.7. The average Bonchev–Trinajstić information content (AvgIpc) is 2.83. The summed E-state index contributed by atoms with van der Waals surface area (Å²) in [5.41, 5.74) is 0.683. The lowest BCUT2D eigenvalue weighted by molar-refractivity contribution is -0.132. The number of hydrogen-bond donors (Lipinski definition) is 1. The molecule has 0 saturated carbocycles. The Morgan fingerprint density at radius 3 is 2.30 bits per heavy atom. The monoisotopic (exact) mass is 328 g/mol. The third kappa shape index (κ3) is 2.70. The number of nitrogens with zero attached hydrogens (tertiary/aromatic N) is 1. The molecule has 1 atom stereocenters. The fraction of sp³-hybridized carbons (Fsp3) is 0.222. The summed E-state index contributed by atoms with van der Waals surface area (Å²) in [7, 11) is 0. The van der Waals surface area contributed by atoms with Gasteiger partial charge in [0.05, 0.1) is 6.54 Å². The highest BCUT2D eigenvalue weighted by Crippen LogP contribution is 2.33. The highest BCUT2D eigenvalue weighted by Gasteiger charge is 2.50. The highest BCUT2D eigenvalue weighted by molar-refractivity contribution is 6.30. The van der Waals surface area contributed by atoms with Gasteiger partial charge in [-0.3, -0.25) is 9.69 Å². The second-order valence-electron chi connectivity index (χ2n) is 5.57. The number of carbonyl (C=O) groups excluding carboxylic acids is 2. The van der Waals surface area contributed by atoms with Crippen LogP contribution in [0.4, 0.5) is 4.79 Å². The van der Waals surface area contributed by atoms with Gasteiger partial charge in [-0.2, -0.15) is 0 Å². The Kier molecular flexibility index (Phi) is 4.09. The number of hydrogen-bond acceptors (Lipinski definition) is 2. The summed E-state index contributed by atoms with van der Waals surface area (Å²) >= 11 is 5.87. The van der Waals surface area contributed by atoms with E-state index in [2.05, 4.69) is 5.32 Å². The molecule has 1 fully saturated rings. The van der Waals surface area contributed by atoms with Crippen LogP contribution in [0.3, 0.4) is 0 Å². The summed E-state index contributed by atoms with van der Waals surface area (Å²) in [6.45, 7) is 2.13. The second kappa shape index (κ2) is 6.05. The zero-order valence-corrected chi connectivity index (χ0v) is 13.5. The predicted molar refractivity (Wildman–Crippen MR) is 88.9 cm³/mol. The van der Waals surface area contributed by atoms with Gasteiger partial charge < -0.3 is 5.32 Å². The van der Waals surface area contributed by atoms with Crippen LogP contribution in [0.15, 0.2) is 54.6 Å². The van der Waals surface area contributed by atoms with Crippen LogP contribution < -0.4 is 5.32 Å². The summed E-state index contributed by atoms with van der Waals surface area (Å²) in [6, 6.07) is 16.1. The van der Waals surface area contributed by atoms with Crippen LogP contribution in [-0.2, 0) is 16.9 Å². The van der Waals surface area contributed by atoms with E-state index in [4.69, 9.17) is 11.6 Å². The summed E-state index contributed by atoms with van der Waals surface area (Å²) in [4.78, 5) is 26.6. The topological polar surface area (TPSA) is 49.4 Å². The quantitative estimate of drug-likeness (QED) is 0.870. The summed E-state index contributed by atoms with van der Waals surface area (Å²) in [6.07, 6.45) is 0.499. The molecule has 1 aliphatic heterocycles. The first-order valence-electron chi connectivity index (χ1n) is 7.51. The van der Waals surface area contributed by atoms with E-state index in [-0.39, 0.29) is 18.5 Å². The molecule has 23 heavy (non-hydrogen) atoms. The fourth-order valence-electron chi connectivity index (χ4n) is 2.90. The minimum atomic E-state index is -0.981. The van der Waals surface area contributed by atoms with Crippen LogP contribution in [0.25, 0.3) is 0 Å². The Labute approximate surface area is 140 Å². The molecule has 0 spiro atoms. The van der Waals surface area contributed by atoms with Gasteiger partial charge in [0.25, 0.3) is 5.91 Å². The van der Waals surface area contributed by atoms with E-state index >= 15 is 0 Å². The van der Waals surface area contributed by atoms with Gasteiger partial charge >= 0.3 is 6.03 Å². The van der Waals surface area contributed by atoms with Crippen molar-refractivity contribution < 1.29 is 9.59 Å². The number of halogens is 1. The summed E-state index contributed by atoms with van der Waals surface area (Å²) in [5, 5.41) is 3.50. The number of imide groups is 1. The largest absolute Gasteiger partial charge is 0.325 e. The molecule has 118 valence electrons. The van der Waals surface area contributed by atoms with Crippen molar-refractivity contribution in [3.63, 3.8) is 0 Å². The molecular weight excluding hydrogens is 312 g/mol. The number of rotatable bonds is 4. The summed E-state index contributed by atoms with van der Waals surface area (Å²) < 4.78 is 0. The molecule has 1 saturated heterocycles. The van der Waals surface area contributed by atoms with Crippen molar-refractivity contribution in [3.05, 3.63) is 70.7 Å². The smallest absolute Gasteiger partial charge is 0.319 e. The van der Waals surface area contributed by atoms with E-state index in [0.29, 0.717) is 11.4 Å². The number of urea groups is 1. The molecule has 4 nitrogen and oxygen atoms in total. The molecule has 1 heterocycles. The zero-order chi connectivity index (χ0) is 16.4. The zero-order valence-electron chi connectivity index (χ0n) is 12.8. The maximum atomic E-state index is 13.0. The van der Waals surface area contributed by atoms with Crippen LogP contribution in [0.1, 0.15) is 24.5 Å². The highest BCUT2D eigenvalue weighted by atomic mass is 35.5. The molecule has 1 N–H and O–H groups in total. The number of carbonyl (C=O) groups is 2. The van der Waals surface area contributed by atoms with Gasteiger partial charge in [-0.25, -0.2) is 4.79 Å². The van der Waals surface area contributed by atoms with E-state index in [9.17, 15) is 9.59 Å². The average molecular weight is 329 g/mol. The maximum absolute atomic E-state index is 13.0. The molecule has 5 heteroatoms. The lowest BCUT2D eigenvalue weighted by Crippen LogP contribution is -2.43. The Bertz CT molecular complexity index is 730. The van der Waals surface area contributed by atoms with E-state index in [1.54, 1.807) is 12.1 Å². The van der Waals surface area contributed by atoms with Crippen LogP contribution in [-0.4, -0.2) is 16.8 Å². The van der Waals surface area contributed by atoms with Crippen LogP contribution >= 0.6 is 11.6 Å². The maximum Gasteiger partial charge on any atom is 0.325 e. The van der Waals surface area contributed by atoms with Gasteiger partial charge in [0, 0.05) is 5.02 Å². The standard InChI is InChI=1S/C18H17ClN2O2/c1-2-18(14-6-4-3-5-7-14)16(22)21(17(23)20-18)12-13-8-10-15(19)11-9-13/h3-11H,2,12H2,1H3,(H,20,23)/t18-/m0/s1. The second-order valence-corrected chi connectivity index (χ2v) is 6.01. The van der Waals surface area contributed by atoms with Crippen molar-refractivity contribution in [2.24, 2.45) is 0 Å². The minimum absolute atomic E-state index is 0.217. The van der Waals surface area contributed by atoms with E-state index < -0.39 is 5.54 Å². The molecule has 2 aromatic carbocycles. The molecular formula is C18H17ClN2O2. The van der Waals surface area contributed by atoms with Crippen molar-refractivity contribution in [3.8, 4) is 0 Å². The molecule has 0 aliphatic carbocycles. The molecule has 0 unspecified atom stereocenters. The summed E-state index contributed by atoms with van der Waals surface area (Å²) in [5.74, 6) is -0.217. The Balaban J connectivity index is 1.91. The van der Waals surface area contributed by atoms with Crippen LogP contribution in [0.2, 0.25) is 5.02 Å². The van der Waals surface area contributed by atoms with Crippen molar-refractivity contribution in [1.82, 2.24) is 10.2 Å². The minimum Gasteiger partial charge on any atom is -0.319 e. The van der Waals surface area contributed by atoms with E-state index in [1.807, 2.05) is 49.4 Å². The lowest BCUT2D eigenvalue weighted by atomic mass is 9.87. The van der Waals surface area contributed by atoms with Gasteiger partial charge in [0.1, 0.15) is 5.54 Å². The fourth-order valence-corrected chi connectivity index (χ4v) is 3.03. The molecule has 1 aliphatic rings. The van der Waals surface area contributed by atoms with Gasteiger partial charge in [-0.1, -0.05) is 61.0 Å². The molecule has 2 aromatic rings. The first-order chi connectivity index (χ1) is 11.1.